The molecule has 23 heavy (non-hydrogen) atoms. The monoisotopic (exact) mass is 346 g/mol. The third-order valence-electron chi connectivity index (χ3n) is 3.56. The highest BCUT2D eigenvalue weighted by Crippen LogP contribution is 2.48. The van der Waals surface area contributed by atoms with Crippen molar-refractivity contribution in [1.29, 1.82) is 0 Å². The molecule has 1 aliphatic rings. The molecule has 1 aromatic heterocycles. The minimum atomic E-state index is -3.36. The second kappa shape index (κ2) is 6.94. The van der Waals surface area contributed by atoms with Crippen LogP contribution in [-0.4, -0.2) is 41.1 Å². The summed E-state index contributed by atoms with van der Waals surface area (Å²) in [6.45, 7) is 1.56. The number of nitrogens with zero attached hydrogens (tertiary/aromatic N) is 1. The number of aliphatic hydroxyl groups is 1. The summed E-state index contributed by atoms with van der Waals surface area (Å²) in [4.78, 5) is 25.4. The number of hydrogen-bond donors (Lipinski definition) is 2. The molecule has 1 aliphatic heterocycles. The average Bonchev–Trinajstić information content (AvgIpc) is 2.89. The lowest BCUT2D eigenvalue weighted by Gasteiger charge is -2.14. The molecule has 1 aromatic rings. The van der Waals surface area contributed by atoms with Crippen molar-refractivity contribution in [3.8, 4) is 0 Å². The summed E-state index contributed by atoms with van der Waals surface area (Å²) in [6.07, 6.45) is 0.467. The van der Waals surface area contributed by atoms with Crippen LogP contribution in [0.2, 0.25) is 0 Å². The van der Waals surface area contributed by atoms with E-state index >= 15 is 0 Å². The Morgan fingerprint density at radius 3 is 2.70 bits per heavy atom. The lowest BCUT2D eigenvalue weighted by Crippen LogP contribution is -2.33. The molecule has 0 aromatic carbocycles. The number of rotatable bonds is 5. The van der Waals surface area contributed by atoms with Gasteiger partial charge in [-0.2, -0.15) is 0 Å². The van der Waals surface area contributed by atoms with Crippen molar-refractivity contribution in [3.05, 3.63) is 44.5 Å². The highest BCUT2D eigenvalue weighted by molar-refractivity contribution is 7.57. The molecule has 1 saturated heterocycles. The minimum absolute atomic E-state index is 0.144. The molecule has 2 rings (SSSR count). The maximum Gasteiger partial charge on any atom is 0.353 e. The Balaban J connectivity index is 2.21. The normalized spacial score (nSPS) is 25.3. The van der Waals surface area contributed by atoms with Crippen molar-refractivity contribution in [3.63, 3.8) is 0 Å². The van der Waals surface area contributed by atoms with E-state index in [0.717, 1.165) is 0 Å². The molecule has 10 heteroatoms. The second-order valence-electron chi connectivity index (χ2n) is 5.08. The van der Waals surface area contributed by atoms with Gasteiger partial charge in [-0.05, 0) is 13.0 Å². The average molecular weight is 346 g/mol. The van der Waals surface area contributed by atoms with Crippen LogP contribution in [0.15, 0.2) is 27.7 Å². The summed E-state index contributed by atoms with van der Waals surface area (Å²) >= 11 is 0. The fourth-order valence-electron chi connectivity index (χ4n) is 2.21. The van der Waals surface area contributed by atoms with Gasteiger partial charge in [0.15, 0.2) is 0 Å². The molecular formula is C13H19N2O7P. The number of aryl methyl sites for hydroxylation is 1. The Kier molecular flexibility index (Phi) is 5.38. The van der Waals surface area contributed by atoms with Gasteiger partial charge in [0.25, 0.3) is 5.56 Å². The Morgan fingerprint density at radius 2 is 2.09 bits per heavy atom. The SMILES string of the molecule is COP(=O)(/C=C/[C@H]1O[C@@H](n2cc(C)c(=O)[nH]c2=O)CC1O)OC. The molecule has 128 valence electrons. The Labute approximate surface area is 132 Å². The summed E-state index contributed by atoms with van der Waals surface area (Å²) in [6, 6.07) is 0. The number of aromatic amines is 1. The molecule has 2 heterocycles. The molecule has 2 N–H and O–H groups in total. The lowest BCUT2D eigenvalue weighted by atomic mass is 10.2. The van der Waals surface area contributed by atoms with Gasteiger partial charge in [0, 0.05) is 38.2 Å². The van der Waals surface area contributed by atoms with E-state index in [1.165, 1.54) is 36.9 Å². The summed E-state index contributed by atoms with van der Waals surface area (Å²) in [7, 11) is -0.879. The van der Waals surface area contributed by atoms with Crippen LogP contribution in [0, 0.1) is 6.92 Å². The molecule has 1 unspecified atom stereocenters. The first-order valence-corrected chi connectivity index (χ1v) is 8.47. The van der Waals surface area contributed by atoms with Gasteiger partial charge < -0.3 is 18.9 Å². The third kappa shape index (κ3) is 3.88. The van der Waals surface area contributed by atoms with Crippen LogP contribution in [0.5, 0.6) is 0 Å². The number of nitrogens with one attached hydrogen (secondary N) is 1. The zero-order valence-electron chi connectivity index (χ0n) is 13.0. The van der Waals surface area contributed by atoms with E-state index < -0.39 is 37.3 Å². The van der Waals surface area contributed by atoms with Crippen LogP contribution in [-0.2, 0) is 18.3 Å². The van der Waals surface area contributed by atoms with Gasteiger partial charge in [0.2, 0.25) is 0 Å². The van der Waals surface area contributed by atoms with E-state index in [1.54, 1.807) is 6.92 Å². The molecule has 0 radical (unpaired) electrons. The standard InChI is InChI=1S/C13H19N2O7P/c1-8-7-15(13(18)14-12(8)17)11-6-9(16)10(22-11)4-5-23(19,20-2)21-3/h4-5,7,9-11,16H,6H2,1-3H3,(H,14,17,18)/b5-4+/t9?,10-,11-/m1/s1. The van der Waals surface area contributed by atoms with Gasteiger partial charge in [-0.1, -0.05) is 0 Å². The fraction of sp³-hybridized carbons (Fsp3) is 0.538. The van der Waals surface area contributed by atoms with Gasteiger partial charge in [-0.25, -0.2) is 4.79 Å². The van der Waals surface area contributed by atoms with E-state index in [9.17, 15) is 19.3 Å². The predicted octanol–water partition coefficient (Wildman–Crippen LogP) is 0.493. The Hall–Kier alpha value is -1.51. The van der Waals surface area contributed by atoms with Gasteiger partial charge in [0.05, 0.1) is 6.10 Å². The zero-order valence-corrected chi connectivity index (χ0v) is 13.9. The molecule has 0 amide bonds. The molecular weight excluding hydrogens is 327 g/mol. The van der Waals surface area contributed by atoms with E-state index in [-0.39, 0.29) is 6.42 Å². The lowest BCUT2D eigenvalue weighted by molar-refractivity contribution is 0.00474. The largest absolute Gasteiger partial charge is 0.390 e. The number of aliphatic hydroxyl groups excluding tert-OH is 1. The van der Waals surface area contributed by atoms with Crippen LogP contribution in [0.3, 0.4) is 0 Å². The van der Waals surface area contributed by atoms with Crippen molar-refractivity contribution in [2.45, 2.75) is 31.8 Å². The maximum absolute atomic E-state index is 11.9. The quantitative estimate of drug-likeness (QED) is 0.745. The highest BCUT2D eigenvalue weighted by atomic mass is 31.2. The number of aromatic nitrogens is 2. The molecule has 0 aliphatic carbocycles. The zero-order chi connectivity index (χ0) is 17.2. The number of H-pyrrole nitrogens is 1. The van der Waals surface area contributed by atoms with Crippen LogP contribution >= 0.6 is 7.60 Å². The molecule has 9 nitrogen and oxygen atoms in total. The maximum atomic E-state index is 11.9. The van der Waals surface area contributed by atoms with Crippen LogP contribution in [0.4, 0.5) is 0 Å². The molecule has 3 atom stereocenters. The number of ether oxygens (including phenoxy) is 1. The van der Waals surface area contributed by atoms with Gasteiger partial charge in [-0.3, -0.25) is 18.9 Å². The van der Waals surface area contributed by atoms with Gasteiger partial charge >= 0.3 is 13.3 Å². The first-order chi connectivity index (χ1) is 10.8. The molecule has 0 spiro atoms. The predicted molar refractivity (Wildman–Crippen MR) is 81.4 cm³/mol. The molecule has 0 saturated carbocycles. The first-order valence-electron chi connectivity index (χ1n) is 6.86. The van der Waals surface area contributed by atoms with E-state index in [4.69, 9.17) is 13.8 Å². The van der Waals surface area contributed by atoms with Crippen molar-refractivity contribution in [2.75, 3.05) is 14.2 Å². The number of hydrogen-bond acceptors (Lipinski definition) is 7. The van der Waals surface area contributed by atoms with Crippen molar-refractivity contribution < 1.29 is 23.5 Å². The molecule has 0 bridgehead atoms. The molecule has 1 fully saturated rings. The van der Waals surface area contributed by atoms with E-state index in [2.05, 4.69) is 4.98 Å². The third-order valence-corrected chi connectivity index (χ3v) is 5.12. The van der Waals surface area contributed by atoms with E-state index in [1.807, 2.05) is 0 Å². The summed E-state index contributed by atoms with van der Waals surface area (Å²) in [5.41, 5.74) is -0.741. The second-order valence-corrected chi connectivity index (χ2v) is 7.19. The van der Waals surface area contributed by atoms with Crippen LogP contribution in [0.25, 0.3) is 0 Å². The fourth-order valence-corrected chi connectivity index (χ4v) is 2.98. The van der Waals surface area contributed by atoms with Crippen molar-refractivity contribution in [2.24, 2.45) is 0 Å². The first kappa shape index (κ1) is 17.8. The van der Waals surface area contributed by atoms with Crippen molar-refractivity contribution >= 4 is 7.60 Å². The van der Waals surface area contributed by atoms with Crippen LogP contribution < -0.4 is 11.2 Å². The van der Waals surface area contributed by atoms with Crippen molar-refractivity contribution in [1.82, 2.24) is 9.55 Å². The van der Waals surface area contributed by atoms with Gasteiger partial charge in [0.1, 0.15) is 12.3 Å². The summed E-state index contributed by atoms with van der Waals surface area (Å²) < 4.78 is 28.3. The van der Waals surface area contributed by atoms with Crippen LogP contribution in [0.1, 0.15) is 18.2 Å². The van der Waals surface area contributed by atoms with Gasteiger partial charge in [-0.15, -0.1) is 0 Å². The smallest absolute Gasteiger partial charge is 0.353 e. The Bertz CT molecular complexity index is 745. The minimum Gasteiger partial charge on any atom is -0.390 e. The summed E-state index contributed by atoms with van der Waals surface area (Å²) in [5.74, 6) is 1.20. The Morgan fingerprint density at radius 1 is 1.43 bits per heavy atom. The topological polar surface area (TPSA) is 120 Å². The van der Waals surface area contributed by atoms with E-state index in [0.29, 0.717) is 5.56 Å². The summed E-state index contributed by atoms with van der Waals surface area (Å²) in [5, 5.41) is 10.0. The highest BCUT2D eigenvalue weighted by Gasteiger charge is 2.34.